The van der Waals surface area contributed by atoms with Crippen LogP contribution < -0.4 is 0 Å². The molecule has 1 unspecified atom stereocenters. The van der Waals surface area contributed by atoms with E-state index in [2.05, 4.69) is 37.8 Å². The summed E-state index contributed by atoms with van der Waals surface area (Å²) in [5, 5.41) is 6.57. The molecule has 1 aliphatic heterocycles. The Balaban J connectivity index is 2.56. The average molecular weight is 140 g/mol. The van der Waals surface area contributed by atoms with Gasteiger partial charge in [0, 0.05) is 24.2 Å². The van der Waals surface area contributed by atoms with E-state index in [1.807, 2.05) is 0 Å². The van der Waals surface area contributed by atoms with E-state index in [0.717, 1.165) is 6.54 Å². The van der Waals surface area contributed by atoms with Gasteiger partial charge in [0.25, 0.3) is 0 Å². The third kappa shape index (κ3) is 1.31. The van der Waals surface area contributed by atoms with Crippen LogP contribution in [0.25, 0.3) is 0 Å². The highest BCUT2D eigenvalue weighted by Crippen LogP contribution is 2.14. The van der Waals surface area contributed by atoms with E-state index in [1.165, 1.54) is 5.71 Å². The topological polar surface area (TPSA) is 15.6 Å². The van der Waals surface area contributed by atoms with Gasteiger partial charge in [-0.15, -0.1) is 0 Å². The van der Waals surface area contributed by atoms with Crippen molar-refractivity contribution in [2.45, 2.75) is 33.7 Å². The highest BCUT2D eigenvalue weighted by atomic mass is 15.5. The fourth-order valence-electron chi connectivity index (χ4n) is 1.08. The van der Waals surface area contributed by atoms with Crippen LogP contribution in [0.1, 0.15) is 27.7 Å². The van der Waals surface area contributed by atoms with Crippen LogP contribution in [-0.4, -0.2) is 23.3 Å². The van der Waals surface area contributed by atoms with Crippen LogP contribution in [0.4, 0.5) is 0 Å². The molecule has 1 aliphatic rings. The second kappa shape index (κ2) is 2.60. The lowest BCUT2D eigenvalue weighted by Gasteiger charge is -2.18. The Morgan fingerprint density at radius 2 is 2.20 bits per heavy atom. The van der Waals surface area contributed by atoms with Gasteiger partial charge in [0.2, 0.25) is 0 Å². The Morgan fingerprint density at radius 1 is 1.60 bits per heavy atom. The zero-order valence-corrected chi connectivity index (χ0v) is 7.26. The normalized spacial score (nSPS) is 25.9. The minimum Gasteiger partial charge on any atom is -0.294 e. The van der Waals surface area contributed by atoms with Crippen LogP contribution in [0.3, 0.4) is 0 Å². The van der Waals surface area contributed by atoms with Gasteiger partial charge in [0.15, 0.2) is 0 Å². The Morgan fingerprint density at radius 3 is 2.40 bits per heavy atom. The standard InChI is InChI=1S/C8H16N2/c1-6(2)10-5-7(3)8(4)9-10/h6-7H,5H2,1-4H3. The second-order valence-electron chi connectivity index (χ2n) is 3.36. The molecule has 58 valence electrons. The molecule has 2 heteroatoms. The van der Waals surface area contributed by atoms with Crippen LogP contribution in [0, 0.1) is 5.92 Å². The molecule has 1 rings (SSSR count). The number of hydrazone groups is 1. The van der Waals surface area contributed by atoms with Crippen LogP contribution in [0.2, 0.25) is 0 Å². The second-order valence-corrected chi connectivity index (χ2v) is 3.36. The van der Waals surface area contributed by atoms with Crippen molar-refractivity contribution in [3.63, 3.8) is 0 Å². The van der Waals surface area contributed by atoms with Gasteiger partial charge in [0.1, 0.15) is 0 Å². The van der Waals surface area contributed by atoms with Crippen molar-refractivity contribution in [1.29, 1.82) is 0 Å². The third-order valence-electron chi connectivity index (χ3n) is 2.06. The summed E-state index contributed by atoms with van der Waals surface area (Å²) in [6.45, 7) is 9.78. The summed E-state index contributed by atoms with van der Waals surface area (Å²) >= 11 is 0. The van der Waals surface area contributed by atoms with Crippen molar-refractivity contribution in [3.8, 4) is 0 Å². The number of rotatable bonds is 1. The molecule has 0 aromatic rings. The van der Waals surface area contributed by atoms with Gasteiger partial charge in [-0.1, -0.05) is 6.92 Å². The van der Waals surface area contributed by atoms with E-state index in [1.54, 1.807) is 0 Å². The fraction of sp³-hybridized carbons (Fsp3) is 0.875. The molecular formula is C8H16N2. The van der Waals surface area contributed by atoms with E-state index >= 15 is 0 Å². The van der Waals surface area contributed by atoms with Crippen LogP contribution in [0.5, 0.6) is 0 Å². The summed E-state index contributed by atoms with van der Waals surface area (Å²) in [6, 6.07) is 0.555. The first-order valence-corrected chi connectivity index (χ1v) is 3.93. The molecular weight excluding hydrogens is 124 g/mol. The van der Waals surface area contributed by atoms with Gasteiger partial charge < -0.3 is 0 Å². The Hall–Kier alpha value is -0.530. The molecule has 0 spiro atoms. The highest BCUT2D eigenvalue weighted by Gasteiger charge is 2.20. The van der Waals surface area contributed by atoms with Gasteiger partial charge >= 0.3 is 0 Å². The Labute approximate surface area is 62.9 Å². The molecule has 0 N–H and O–H groups in total. The van der Waals surface area contributed by atoms with Crippen molar-refractivity contribution in [2.75, 3.05) is 6.54 Å². The molecule has 2 nitrogen and oxygen atoms in total. The lowest BCUT2D eigenvalue weighted by molar-refractivity contribution is 0.243. The summed E-state index contributed by atoms with van der Waals surface area (Å²) in [7, 11) is 0. The molecule has 0 saturated heterocycles. The van der Waals surface area contributed by atoms with Crippen molar-refractivity contribution in [3.05, 3.63) is 0 Å². The Bertz CT molecular complexity index is 149. The smallest absolute Gasteiger partial charge is 0.0441 e. The number of nitrogens with zero attached hydrogens (tertiary/aromatic N) is 2. The number of hydrogen-bond donors (Lipinski definition) is 0. The maximum Gasteiger partial charge on any atom is 0.0441 e. The van der Waals surface area contributed by atoms with Crippen LogP contribution in [0.15, 0.2) is 5.10 Å². The summed E-state index contributed by atoms with van der Waals surface area (Å²) in [4.78, 5) is 0. The molecule has 0 radical (unpaired) electrons. The minimum atomic E-state index is 0.555. The molecule has 0 aliphatic carbocycles. The van der Waals surface area contributed by atoms with E-state index in [0.29, 0.717) is 12.0 Å². The summed E-state index contributed by atoms with van der Waals surface area (Å²) in [6.07, 6.45) is 0. The maximum atomic E-state index is 4.42. The van der Waals surface area contributed by atoms with Gasteiger partial charge in [0.05, 0.1) is 0 Å². The van der Waals surface area contributed by atoms with Gasteiger partial charge in [-0.2, -0.15) is 5.10 Å². The first-order chi connectivity index (χ1) is 4.61. The van der Waals surface area contributed by atoms with Crippen molar-refractivity contribution in [2.24, 2.45) is 11.0 Å². The first-order valence-electron chi connectivity index (χ1n) is 3.93. The molecule has 0 saturated carbocycles. The van der Waals surface area contributed by atoms with Crippen molar-refractivity contribution >= 4 is 5.71 Å². The summed E-state index contributed by atoms with van der Waals surface area (Å²) in [5.74, 6) is 0.655. The van der Waals surface area contributed by atoms with Gasteiger partial charge in [-0.25, -0.2) is 0 Å². The summed E-state index contributed by atoms with van der Waals surface area (Å²) in [5.41, 5.74) is 1.27. The zero-order valence-electron chi connectivity index (χ0n) is 7.26. The van der Waals surface area contributed by atoms with Gasteiger partial charge in [-0.3, -0.25) is 5.01 Å². The third-order valence-corrected chi connectivity index (χ3v) is 2.06. The largest absolute Gasteiger partial charge is 0.294 e. The first kappa shape index (κ1) is 7.58. The molecule has 1 atom stereocenters. The lowest BCUT2D eigenvalue weighted by Crippen LogP contribution is -2.24. The molecule has 0 amide bonds. The van der Waals surface area contributed by atoms with E-state index in [9.17, 15) is 0 Å². The quantitative estimate of drug-likeness (QED) is 0.541. The minimum absolute atomic E-state index is 0.555. The average Bonchev–Trinajstić information content (AvgIpc) is 2.13. The highest BCUT2D eigenvalue weighted by molar-refractivity contribution is 5.85. The van der Waals surface area contributed by atoms with Crippen molar-refractivity contribution in [1.82, 2.24) is 5.01 Å². The Kier molecular flexibility index (Phi) is 1.97. The molecule has 0 bridgehead atoms. The maximum absolute atomic E-state index is 4.42. The summed E-state index contributed by atoms with van der Waals surface area (Å²) < 4.78 is 0. The van der Waals surface area contributed by atoms with Crippen LogP contribution in [-0.2, 0) is 0 Å². The van der Waals surface area contributed by atoms with E-state index in [4.69, 9.17) is 0 Å². The molecule has 0 aromatic heterocycles. The number of hydrogen-bond acceptors (Lipinski definition) is 2. The van der Waals surface area contributed by atoms with E-state index in [-0.39, 0.29) is 0 Å². The monoisotopic (exact) mass is 140 g/mol. The van der Waals surface area contributed by atoms with E-state index < -0.39 is 0 Å². The zero-order chi connectivity index (χ0) is 7.72. The predicted octanol–water partition coefficient (Wildman–Crippen LogP) is 1.72. The molecule has 10 heavy (non-hydrogen) atoms. The van der Waals surface area contributed by atoms with Crippen molar-refractivity contribution < 1.29 is 0 Å². The lowest BCUT2D eigenvalue weighted by atomic mass is 10.1. The van der Waals surface area contributed by atoms with Crippen LogP contribution >= 0.6 is 0 Å². The molecule has 1 heterocycles. The van der Waals surface area contributed by atoms with Gasteiger partial charge in [-0.05, 0) is 20.8 Å². The molecule has 0 aromatic carbocycles. The SMILES string of the molecule is CC1=NN(C(C)C)CC1C. The predicted molar refractivity (Wildman–Crippen MR) is 44.1 cm³/mol. The fourth-order valence-corrected chi connectivity index (χ4v) is 1.08. The molecule has 0 fully saturated rings.